The molecule has 2 aromatic heterocycles. The maximum Gasteiger partial charge on any atom is 0.140 e. The van der Waals surface area contributed by atoms with Crippen LogP contribution < -0.4 is 10.6 Å². The summed E-state index contributed by atoms with van der Waals surface area (Å²) in [5, 5.41) is 1.09. The summed E-state index contributed by atoms with van der Waals surface area (Å²) in [4.78, 5) is 6.94. The Morgan fingerprint density at radius 2 is 2.33 bits per heavy atom. The van der Waals surface area contributed by atoms with Gasteiger partial charge in [-0.25, -0.2) is 4.98 Å². The number of hydrogen-bond acceptors (Lipinski definition) is 4. The maximum absolute atomic E-state index is 5.92. The van der Waals surface area contributed by atoms with Gasteiger partial charge in [-0.1, -0.05) is 0 Å². The maximum atomic E-state index is 5.92. The molecule has 0 saturated carbocycles. The van der Waals surface area contributed by atoms with Gasteiger partial charge in [-0.15, -0.1) is 0 Å². The van der Waals surface area contributed by atoms with Gasteiger partial charge in [0.2, 0.25) is 0 Å². The Kier molecular flexibility index (Phi) is 2.96. The third-order valence-electron chi connectivity index (χ3n) is 3.90. The molecule has 3 rings (SSSR count). The van der Waals surface area contributed by atoms with E-state index in [2.05, 4.69) is 16.8 Å². The zero-order valence-electron chi connectivity index (χ0n) is 10.7. The molecule has 2 aromatic rings. The predicted molar refractivity (Wildman–Crippen MR) is 72.6 cm³/mol. The first-order chi connectivity index (χ1) is 8.81. The summed E-state index contributed by atoms with van der Waals surface area (Å²) in [6, 6.07) is 4.78. The van der Waals surface area contributed by atoms with Crippen molar-refractivity contribution in [1.82, 2.24) is 4.98 Å². The minimum Gasteiger partial charge on any atom is -0.464 e. The molecule has 2 unspecified atom stereocenters. The number of pyridine rings is 1. The van der Waals surface area contributed by atoms with Crippen molar-refractivity contribution in [2.24, 2.45) is 5.73 Å². The van der Waals surface area contributed by atoms with Crippen LogP contribution in [0.2, 0.25) is 0 Å². The first-order valence-electron chi connectivity index (χ1n) is 6.62. The van der Waals surface area contributed by atoms with Crippen molar-refractivity contribution in [1.29, 1.82) is 0 Å². The molecule has 1 aliphatic heterocycles. The van der Waals surface area contributed by atoms with Crippen molar-refractivity contribution in [3.63, 3.8) is 0 Å². The van der Waals surface area contributed by atoms with Gasteiger partial charge in [-0.2, -0.15) is 0 Å². The summed E-state index contributed by atoms with van der Waals surface area (Å²) < 4.78 is 5.46. The second kappa shape index (κ2) is 4.61. The van der Waals surface area contributed by atoms with Crippen molar-refractivity contribution in [3.05, 3.63) is 24.6 Å². The van der Waals surface area contributed by atoms with Crippen LogP contribution in [0.3, 0.4) is 0 Å². The first kappa shape index (κ1) is 11.5. The molecule has 3 heterocycles. The van der Waals surface area contributed by atoms with Gasteiger partial charge in [0.05, 0.1) is 11.6 Å². The Bertz CT molecular complexity index is 537. The molecular weight excluding hydrogens is 226 g/mol. The van der Waals surface area contributed by atoms with E-state index in [0.717, 1.165) is 23.2 Å². The summed E-state index contributed by atoms with van der Waals surface area (Å²) >= 11 is 0. The summed E-state index contributed by atoms with van der Waals surface area (Å²) in [6.07, 6.45) is 7.14. The number of aromatic nitrogens is 1. The van der Waals surface area contributed by atoms with Crippen molar-refractivity contribution in [2.45, 2.75) is 38.3 Å². The van der Waals surface area contributed by atoms with E-state index in [1.807, 2.05) is 18.3 Å². The van der Waals surface area contributed by atoms with Crippen LogP contribution >= 0.6 is 0 Å². The van der Waals surface area contributed by atoms with Crippen molar-refractivity contribution >= 4 is 16.8 Å². The fourth-order valence-electron chi connectivity index (χ4n) is 2.99. The van der Waals surface area contributed by atoms with Gasteiger partial charge in [0.25, 0.3) is 0 Å². The van der Waals surface area contributed by atoms with E-state index in [4.69, 9.17) is 10.2 Å². The van der Waals surface area contributed by atoms with Gasteiger partial charge in [0.1, 0.15) is 11.4 Å². The van der Waals surface area contributed by atoms with Gasteiger partial charge in [0.15, 0.2) is 0 Å². The summed E-state index contributed by atoms with van der Waals surface area (Å²) in [7, 11) is 0. The zero-order valence-corrected chi connectivity index (χ0v) is 10.7. The standard InChI is InChI=1S/C14H19N3O/c1-10-3-2-4-11(9-15)17(10)14-12-6-8-18-13(12)5-7-16-14/h5-8,10-11H,2-4,9,15H2,1H3. The Balaban J connectivity index is 2.08. The second-order valence-electron chi connectivity index (χ2n) is 5.04. The number of piperidine rings is 1. The van der Waals surface area contributed by atoms with Crippen LogP contribution in [0.5, 0.6) is 0 Å². The number of furan rings is 1. The average Bonchev–Trinajstić information content (AvgIpc) is 2.86. The smallest absolute Gasteiger partial charge is 0.140 e. The van der Waals surface area contributed by atoms with Crippen LogP contribution in [0.1, 0.15) is 26.2 Å². The number of rotatable bonds is 2. The molecule has 1 aliphatic rings. The molecule has 0 spiro atoms. The summed E-state index contributed by atoms with van der Waals surface area (Å²) in [5.74, 6) is 1.02. The Labute approximate surface area is 107 Å². The van der Waals surface area contributed by atoms with Crippen LogP contribution in [0.25, 0.3) is 11.0 Å². The molecule has 96 valence electrons. The van der Waals surface area contributed by atoms with E-state index in [1.165, 1.54) is 12.8 Å². The van der Waals surface area contributed by atoms with Crippen LogP contribution in [-0.2, 0) is 0 Å². The lowest BCUT2D eigenvalue weighted by Crippen LogP contribution is -2.49. The predicted octanol–water partition coefficient (Wildman–Crippen LogP) is 2.53. The number of nitrogens with zero attached hydrogens (tertiary/aromatic N) is 2. The molecule has 1 saturated heterocycles. The summed E-state index contributed by atoms with van der Waals surface area (Å²) in [6.45, 7) is 2.93. The van der Waals surface area contributed by atoms with E-state index < -0.39 is 0 Å². The molecule has 0 bridgehead atoms. The van der Waals surface area contributed by atoms with Crippen molar-refractivity contribution in [3.8, 4) is 0 Å². The molecule has 4 nitrogen and oxygen atoms in total. The minimum absolute atomic E-state index is 0.391. The van der Waals surface area contributed by atoms with Gasteiger partial charge in [-0.05, 0) is 38.3 Å². The van der Waals surface area contributed by atoms with E-state index in [-0.39, 0.29) is 0 Å². The molecular formula is C14H19N3O. The van der Waals surface area contributed by atoms with Gasteiger partial charge in [0, 0.05) is 24.8 Å². The average molecular weight is 245 g/mol. The lowest BCUT2D eigenvalue weighted by molar-refractivity contribution is 0.399. The number of nitrogens with two attached hydrogens (primary N) is 1. The van der Waals surface area contributed by atoms with Crippen LogP contribution in [0.4, 0.5) is 5.82 Å². The van der Waals surface area contributed by atoms with Crippen molar-refractivity contribution in [2.75, 3.05) is 11.4 Å². The van der Waals surface area contributed by atoms with Crippen molar-refractivity contribution < 1.29 is 4.42 Å². The van der Waals surface area contributed by atoms with E-state index in [1.54, 1.807) is 6.26 Å². The SMILES string of the molecule is CC1CCCC(CN)N1c1nccc2occc12. The highest BCUT2D eigenvalue weighted by molar-refractivity contribution is 5.88. The highest BCUT2D eigenvalue weighted by atomic mass is 16.3. The third kappa shape index (κ3) is 1.77. The molecule has 4 heteroatoms. The molecule has 0 radical (unpaired) electrons. The topological polar surface area (TPSA) is 55.3 Å². The summed E-state index contributed by atoms with van der Waals surface area (Å²) in [5.41, 5.74) is 6.82. The van der Waals surface area contributed by atoms with E-state index in [9.17, 15) is 0 Å². The third-order valence-corrected chi connectivity index (χ3v) is 3.90. The molecule has 0 amide bonds. The molecule has 0 aromatic carbocycles. The van der Waals surface area contributed by atoms with Crippen LogP contribution in [0, 0.1) is 0 Å². The van der Waals surface area contributed by atoms with Gasteiger partial charge in [-0.3, -0.25) is 0 Å². The molecule has 1 fully saturated rings. The number of hydrogen-bond donors (Lipinski definition) is 1. The lowest BCUT2D eigenvalue weighted by Gasteiger charge is -2.41. The van der Waals surface area contributed by atoms with E-state index >= 15 is 0 Å². The highest BCUT2D eigenvalue weighted by Gasteiger charge is 2.29. The number of anilines is 1. The fraction of sp³-hybridized carbons (Fsp3) is 0.500. The highest BCUT2D eigenvalue weighted by Crippen LogP contribution is 2.32. The lowest BCUT2D eigenvalue weighted by atomic mass is 9.96. The second-order valence-corrected chi connectivity index (χ2v) is 5.04. The zero-order chi connectivity index (χ0) is 12.5. The first-order valence-corrected chi connectivity index (χ1v) is 6.62. The monoisotopic (exact) mass is 245 g/mol. The van der Waals surface area contributed by atoms with Gasteiger partial charge >= 0.3 is 0 Å². The molecule has 18 heavy (non-hydrogen) atoms. The van der Waals surface area contributed by atoms with Gasteiger partial charge < -0.3 is 15.1 Å². The molecule has 2 N–H and O–H groups in total. The number of fused-ring (bicyclic) bond motifs is 1. The van der Waals surface area contributed by atoms with Crippen LogP contribution in [0.15, 0.2) is 29.0 Å². The largest absolute Gasteiger partial charge is 0.464 e. The normalized spacial score (nSPS) is 24.7. The minimum atomic E-state index is 0.391. The molecule has 2 atom stereocenters. The molecule has 0 aliphatic carbocycles. The Morgan fingerprint density at radius 3 is 3.17 bits per heavy atom. The Hall–Kier alpha value is -1.55. The quantitative estimate of drug-likeness (QED) is 0.883. The van der Waals surface area contributed by atoms with Crippen LogP contribution in [-0.4, -0.2) is 23.6 Å². The Morgan fingerprint density at radius 1 is 1.44 bits per heavy atom. The van der Waals surface area contributed by atoms with E-state index in [0.29, 0.717) is 18.6 Å². The fourth-order valence-corrected chi connectivity index (χ4v) is 2.99.